The first-order valence-corrected chi connectivity index (χ1v) is 7.96. The molecule has 1 amide bonds. The molecular formula is C13H19N3O3S. The number of nitrogen functional groups attached to an aromatic ring is 1. The first-order valence-electron chi connectivity index (χ1n) is 6.35. The number of hydrogen-bond acceptors (Lipinski definition) is 4. The lowest BCUT2D eigenvalue weighted by Crippen LogP contribution is -2.39. The summed E-state index contributed by atoms with van der Waals surface area (Å²) in [6, 6.07) is 6.72. The van der Waals surface area contributed by atoms with Crippen LogP contribution in [0.2, 0.25) is 0 Å². The Bertz CT molecular complexity index is 612. The van der Waals surface area contributed by atoms with E-state index >= 15 is 0 Å². The summed E-state index contributed by atoms with van der Waals surface area (Å²) in [6.45, 7) is 2.18. The smallest absolute Gasteiger partial charge is 0.224 e. The van der Waals surface area contributed by atoms with E-state index in [1.54, 1.807) is 31.2 Å². The van der Waals surface area contributed by atoms with Gasteiger partial charge in [-0.2, -0.15) is 0 Å². The Kier molecular flexibility index (Phi) is 3.75. The van der Waals surface area contributed by atoms with E-state index in [-0.39, 0.29) is 12.3 Å². The number of carbonyl (C=O) groups is 1. The lowest BCUT2D eigenvalue weighted by atomic mass is 9.89. The number of hydrogen-bond donors (Lipinski definition) is 2. The van der Waals surface area contributed by atoms with Crippen LogP contribution in [0.1, 0.15) is 18.9 Å². The normalized spacial score (nSPS) is 23.9. The van der Waals surface area contributed by atoms with Crippen LogP contribution < -0.4 is 11.5 Å². The van der Waals surface area contributed by atoms with Gasteiger partial charge >= 0.3 is 0 Å². The van der Waals surface area contributed by atoms with Crippen molar-refractivity contribution in [2.24, 2.45) is 11.1 Å². The molecular weight excluding hydrogens is 278 g/mol. The Morgan fingerprint density at radius 1 is 1.35 bits per heavy atom. The Labute approximate surface area is 118 Å². The van der Waals surface area contributed by atoms with Crippen LogP contribution in [-0.2, 0) is 20.6 Å². The van der Waals surface area contributed by atoms with Crippen LogP contribution in [0.5, 0.6) is 0 Å². The van der Waals surface area contributed by atoms with Gasteiger partial charge < -0.3 is 11.5 Å². The summed E-state index contributed by atoms with van der Waals surface area (Å²) in [7, 11) is -3.45. The highest BCUT2D eigenvalue weighted by atomic mass is 32.2. The van der Waals surface area contributed by atoms with Crippen molar-refractivity contribution >= 4 is 21.6 Å². The van der Waals surface area contributed by atoms with Gasteiger partial charge in [-0.15, -0.1) is 0 Å². The fourth-order valence-electron chi connectivity index (χ4n) is 2.27. The number of nitrogens with zero attached hydrogens (tertiary/aromatic N) is 1. The van der Waals surface area contributed by atoms with Crippen molar-refractivity contribution in [3.63, 3.8) is 0 Å². The van der Waals surface area contributed by atoms with E-state index in [4.69, 9.17) is 11.5 Å². The minimum Gasteiger partial charge on any atom is -0.399 e. The fraction of sp³-hybridized carbons (Fsp3) is 0.462. The average molecular weight is 297 g/mol. The van der Waals surface area contributed by atoms with E-state index in [1.807, 2.05) is 0 Å². The second kappa shape index (κ2) is 5.06. The maximum absolute atomic E-state index is 12.3. The third kappa shape index (κ3) is 2.94. The van der Waals surface area contributed by atoms with E-state index in [0.29, 0.717) is 24.2 Å². The Morgan fingerprint density at radius 3 is 2.45 bits per heavy atom. The predicted molar refractivity (Wildman–Crippen MR) is 77.0 cm³/mol. The zero-order valence-electron chi connectivity index (χ0n) is 11.4. The number of anilines is 1. The van der Waals surface area contributed by atoms with E-state index < -0.39 is 21.3 Å². The molecule has 0 bridgehead atoms. The SMILES string of the molecule is CC1(C(N)=O)CCN(S(=O)(=O)Cc2ccc(N)cc2)C1. The Balaban J connectivity index is 2.12. The molecule has 1 saturated heterocycles. The molecule has 0 aromatic heterocycles. The summed E-state index contributed by atoms with van der Waals surface area (Å²) < 4.78 is 26.0. The first-order chi connectivity index (χ1) is 9.23. The molecule has 4 N–H and O–H groups in total. The monoisotopic (exact) mass is 297 g/mol. The molecule has 1 aromatic carbocycles. The maximum atomic E-state index is 12.3. The number of sulfonamides is 1. The van der Waals surface area contributed by atoms with Gasteiger partial charge in [0, 0.05) is 18.8 Å². The second-order valence-electron chi connectivity index (χ2n) is 5.51. The molecule has 0 spiro atoms. The minimum absolute atomic E-state index is 0.0951. The topological polar surface area (TPSA) is 106 Å². The Morgan fingerprint density at radius 2 is 1.95 bits per heavy atom. The van der Waals surface area contributed by atoms with Crippen molar-refractivity contribution in [3.8, 4) is 0 Å². The standard InChI is InChI=1S/C13H19N3O3S/c1-13(12(15)17)6-7-16(9-13)20(18,19)8-10-2-4-11(14)5-3-10/h2-5H,6-9,14H2,1H3,(H2,15,17). The lowest BCUT2D eigenvalue weighted by Gasteiger charge is -2.21. The highest BCUT2D eigenvalue weighted by Crippen LogP contribution is 2.32. The summed E-state index contributed by atoms with van der Waals surface area (Å²) in [6.07, 6.45) is 0.462. The minimum atomic E-state index is -3.45. The highest BCUT2D eigenvalue weighted by molar-refractivity contribution is 7.88. The quantitative estimate of drug-likeness (QED) is 0.779. The second-order valence-corrected chi connectivity index (χ2v) is 7.48. The van der Waals surface area contributed by atoms with Crippen molar-refractivity contribution in [1.29, 1.82) is 0 Å². The summed E-state index contributed by atoms with van der Waals surface area (Å²) in [5.41, 5.74) is 11.4. The van der Waals surface area contributed by atoms with E-state index in [0.717, 1.165) is 0 Å². The largest absolute Gasteiger partial charge is 0.399 e. The molecule has 1 aromatic rings. The van der Waals surface area contributed by atoms with Gasteiger partial charge in [-0.05, 0) is 31.0 Å². The number of benzene rings is 1. The van der Waals surface area contributed by atoms with Crippen LogP contribution in [0, 0.1) is 5.41 Å². The van der Waals surface area contributed by atoms with Crippen molar-refractivity contribution in [2.75, 3.05) is 18.8 Å². The predicted octanol–water partition coefficient (Wildman–Crippen LogP) is 0.296. The van der Waals surface area contributed by atoms with Gasteiger partial charge in [-0.1, -0.05) is 12.1 Å². The lowest BCUT2D eigenvalue weighted by molar-refractivity contribution is -0.126. The van der Waals surface area contributed by atoms with Crippen LogP contribution in [0.3, 0.4) is 0 Å². The first kappa shape index (κ1) is 14.8. The van der Waals surface area contributed by atoms with Gasteiger partial charge in [0.15, 0.2) is 0 Å². The molecule has 1 aliphatic heterocycles. The van der Waals surface area contributed by atoms with Gasteiger partial charge in [-0.3, -0.25) is 4.79 Å². The molecule has 110 valence electrons. The molecule has 0 aliphatic carbocycles. The summed E-state index contributed by atoms with van der Waals surface area (Å²) in [5.74, 6) is -0.551. The molecule has 0 radical (unpaired) electrons. The van der Waals surface area contributed by atoms with Crippen molar-refractivity contribution < 1.29 is 13.2 Å². The Hall–Kier alpha value is -1.60. The van der Waals surface area contributed by atoms with E-state index in [2.05, 4.69) is 0 Å². The molecule has 1 atom stereocenters. The number of carbonyl (C=O) groups excluding carboxylic acids is 1. The van der Waals surface area contributed by atoms with Crippen LogP contribution in [0.15, 0.2) is 24.3 Å². The maximum Gasteiger partial charge on any atom is 0.224 e. The van der Waals surface area contributed by atoms with Gasteiger partial charge in [0.25, 0.3) is 0 Å². The van der Waals surface area contributed by atoms with E-state index in [9.17, 15) is 13.2 Å². The van der Waals surface area contributed by atoms with Crippen LogP contribution >= 0.6 is 0 Å². The van der Waals surface area contributed by atoms with Crippen molar-refractivity contribution in [1.82, 2.24) is 4.31 Å². The van der Waals surface area contributed by atoms with Crippen molar-refractivity contribution in [3.05, 3.63) is 29.8 Å². The summed E-state index contributed by atoms with van der Waals surface area (Å²) in [4.78, 5) is 11.4. The average Bonchev–Trinajstić information content (AvgIpc) is 2.77. The van der Waals surface area contributed by atoms with Gasteiger partial charge in [0.05, 0.1) is 11.2 Å². The van der Waals surface area contributed by atoms with Gasteiger partial charge in [-0.25, -0.2) is 12.7 Å². The molecule has 1 fully saturated rings. The number of rotatable bonds is 4. The van der Waals surface area contributed by atoms with Gasteiger partial charge in [0.2, 0.25) is 15.9 Å². The highest BCUT2D eigenvalue weighted by Gasteiger charge is 2.43. The molecule has 2 rings (SSSR count). The van der Waals surface area contributed by atoms with Gasteiger partial charge in [0.1, 0.15) is 0 Å². The zero-order chi connectivity index (χ0) is 15.0. The molecule has 1 aliphatic rings. The fourth-order valence-corrected chi connectivity index (χ4v) is 3.92. The molecule has 0 saturated carbocycles. The zero-order valence-corrected chi connectivity index (χ0v) is 12.2. The van der Waals surface area contributed by atoms with E-state index in [1.165, 1.54) is 4.31 Å². The third-order valence-electron chi connectivity index (χ3n) is 3.76. The molecule has 1 unspecified atom stereocenters. The molecule has 7 heteroatoms. The van der Waals surface area contributed by atoms with Crippen molar-refractivity contribution in [2.45, 2.75) is 19.1 Å². The number of amides is 1. The number of nitrogens with two attached hydrogens (primary N) is 2. The van der Waals surface area contributed by atoms with Crippen LogP contribution in [0.4, 0.5) is 5.69 Å². The summed E-state index contributed by atoms with van der Waals surface area (Å²) >= 11 is 0. The summed E-state index contributed by atoms with van der Waals surface area (Å²) in [5, 5.41) is 0. The molecule has 1 heterocycles. The third-order valence-corrected chi connectivity index (χ3v) is 5.55. The van der Waals surface area contributed by atoms with Crippen LogP contribution in [-0.4, -0.2) is 31.7 Å². The van der Waals surface area contributed by atoms with Crippen LogP contribution in [0.25, 0.3) is 0 Å². The molecule has 20 heavy (non-hydrogen) atoms. The molecule has 6 nitrogen and oxygen atoms in total. The number of primary amides is 1.